The Labute approximate surface area is 223 Å². The first-order valence-corrected chi connectivity index (χ1v) is 12.7. The molecule has 3 amide bonds. The van der Waals surface area contributed by atoms with Gasteiger partial charge in [-0.2, -0.15) is 0 Å². The van der Waals surface area contributed by atoms with E-state index >= 15 is 0 Å². The quantitative estimate of drug-likeness (QED) is 0.0651. The molecule has 0 spiro atoms. The van der Waals surface area contributed by atoms with Crippen LogP contribution in [0.1, 0.15) is 38.2 Å². The van der Waals surface area contributed by atoms with Crippen LogP contribution in [0.5, 0.6) is 0 Å². The van der Waals surface area contributed by atoms with Gasteiger partial charge in [-0.25, -0.2) is 14.6 Å². The van der Waals surface area contributed by atoms with Crippen molar-refractivity contribution in [3.63, 3.8) is 0 Å². The van der Waals surface area contributed by atoms with Gasteiger partial charge >= 0.3 is 18.0 Å². The lowest BCUT2D eigenvalue weighted by atomic mass is 10.0. The summed E-state index contributed by atoms with van der Waals surface area (Å²) in [6, 6.07) is -1.22. The first-order valence-electron chi connectivity index (χ1n) is 10.8. The van der Waals surface area contributed by atoms with Gasteiger partial charge in [-0.05, 0) is 20.8 Å². The minimum absolute atomic E-state index is 0.0127. The number of ketones is 1. The van der Waals surface area contributed by atoms with Crippen LogP contribution in [0.25, 0.3) is 0 Å². The zero-order valence-electron chi connectivity index (χ0n) is 20.5. The van der Waals surface area contributed by atoms with E-state index in [2.05, 4.69) is 20.8 Å². The number of carbonyl (C=O) groups is 6. The number of thioether (sulfide) groups is 1. The standard InChI is InChI=1S/C21H23N5O10S2/c1-8(27)35-5-9-6-37-17-12(16(30)26(17)13(9)18(31)32)23-15(29)11(25-34)14(28)10-7-38-19(22-10)24-20(33)36-21(2,3)4/h7,12,17,34H,5-6H2,1-4H3,(H,23,29)(H,31,32)(H,22,24,33)/t12-,17+/m1/s1. The smallest absolute Gasteiger partial charge is 0.413 e. The maximum absolute atomic E-state index is 12.7. The fraction of sp³-hybridized carbons (Fsp3) is 0.429. The number of esters is 1. The Morgan fingerprint density at radius 1 is 1.26 bits per heavy atom. The van der Waals surface area contributed by atoms with Crippen LogP contribution in [0.4, 0.5) is 9.93 Å². The van der Waals surface area contributed by atoms with E-state index in [9.17, 15) is 39.1 Å². The number of nitrogens with zero attached hydrogens (tertiary/aromatic N) is 3. The lowest BCUT2D eigenvalue weighted by molar-refractivity contribution is -0.150. The van der Waals surface area contributed by atoms with Gasteiger partial charge in [0.05, 0.1) is 0 Å². The molecule has 0 unspecified atom stereocenters. The molecule has 2 aliphatic rings. The third-order valence-electron chi connectivity index (χ3n) is 4.86. The largest absolute Gasteiger partial charge is 0.477 e. The van der Waals surface area contributed by atoms with Crippen LogP contribution in [0.3, 0.4) is 0 Å². The van der Waals surface area contributed by atoms with Gasteiger partial charge in [0.1, 0.15) is 35.0 Å². The molecule has 2 atom stereocenters. The second-order valence-electron chi connectivity index (χ2n) is 8.84. The van der Waals surface area contributed by atoms with Crippen molar-refractivity contribution >= 4 is 69.6 Å². The van der Waals surface area contributed by atoms with Crippen molar-refractivity contribution in [3.8, 4) is 0 Å². The van der Waals surface area contributed by atoms with E-state index in [4.69, 9.17) is 9.47 Å². The normalized spacial score (nSPS) is 19.2. The molecule has 17 heteroatoms. The summed E-state index contributed by atoms with van der Waals surface area (Å²) in [5.41, 5.74) is -2.21. The van der Waals surface area contributed by atoms with Crippen LogP contribution in [0, 0.1) is 0 Å². The number of carboxylic acids is 1. The lowest BCUT2D eigenvalue weighted by Gasteiger charge is -2.49. The van der Waals surface area contributed by atoms with Crippen molar-refractivity contribution in [2.45, 2.75) is 44.7 Å². The SMILES string of the molecule is CC(=O)OCC1=C(C(=O)O)N2C(=O)[C@@H](NC(=O)C(=NO)C(=O)c3csc(NC(=O)OC(C)(C)C)n3)[C@@H]2SC1. The average molecular weight is 570 g/mol. The molecule has 1 fully saturated rings. The van der Waals surface area contributed by atoms with Gasteiger partial charge in [-0.15, -0.1) is 23.1 Å². The minimum Gasteiger partial charge on any atom is -0.477 e. The molecule has 3 heterocycles. The number of fused-ring (bicyclic) bond motifs is 1. The Morgan fingerprint density at radius 3 is 2.53 bits per heavy atom. The number of carboxylic acid groups (broad SMARTS) is 1. The molecule has 0 bridgehead atoms. The average Bonchev–Trinajstić information content (AvgIpc) is 3.27. The van der Waals surface area contributed by atoms with E-state index in [1.165, 1.54) is 5.38 Å². The van der Waals surface area contributed by atoms with E-state index in [0.717, 1.165) is 34.9 Å². The number of anilines is 1. The topological polar surface area (TPSA) is 214 Å². The summed E-state index contributed by atoms with van der Waals surface area (Å²) in [6.45, 7) is 5.82. The number of rotatable bonds is 8. The van der Waals surface area contributed by atoms with Crippen LogP contribution >= 0.6 is 23.1 Å². The lowest BCUT2D eigenvalue weighted by Crippen LogP contribution is -2.71. The summed E-state index contributed by atoms with van der Waals surface area (Å²) < 4.78 is 9.95. The van der Waals surface area contributed by atoms with Gasteiger partial charge < -0.3 is 25.1 Å². The Hall–Kier alpha value is -3.99. The molecule has 15 nitrogen and oxygen atoms in total. The molecule has 1 aromatic rings. The molecule has 1 saturated heterocycles. The summed E-state index contributed by atoms with van der Waals surface area (Å²) in [5.74, 6) is -5.01. The number of thiazole rings is 1. The van der Waals surface area contributed by atoms with Crippen molar-refractivity contribution in [1.82, 2.24) is 15.2 Å². The molecular formula is C21H23N5O10S2. The van der Waals surface area contributed by atoms with Gasteiger partial charge in [-0.1, -0.05) is 5.16 Å². The van der Waals surface area contributed by atoms with E-state index in [-0.39, 0.29) is 34.5 Å². The van der Waals surface area contributed by atoms with E-state index in [0.29, 0.717) is 0 Å². The van der Waals surface area contributed by atoms with Crippen LogP contribution in [-0.2, 0) is 28.7 Å². The van der Waals surface area contributed by atoms with Gasteiger partial charge in [-0.3, -0.25) is 29.4 Å². The van der Waals surface area contributed by atoms with Crippen molar-refractivity contribution in [3.05, 3.63) is 22.3 Å². The van der Waals surface area contributed by atoms with Crippen LogP contribution in [-0.4, -0.2) is 90.9 Å². The Kier molecular flexibility index (Phi) is 8.41. The number of ether oxygens (including phenoxy) is 2. The monoisotopic (exact) mass is 569 g/mol. The Morgan fingerprint density at radius 2 is 1.95 bits per heavy atom. The highest BCUT2D eigenvalue weighted by Gasteiger charge is 2.54. The molecule has 0 saturated carbocycles. The van der Waals surface area contributed by atoms with E-state index < -0.39 is 58.4 Å². The highest BCUT2D eigenvalue weighted by Crippen LogP contribution is 2.40. The maximum Gasteiger partial charge on any atom is 0.413 e. The predicted molar refractivity (Wildman–Crippen MR) is 132 cm³/mol. The van der Waals surface area contributed by atoms with Gasteiger partial charge in [0.15, 0.2) is 5.13 Å². The minimum atomic E-state index is -1.41. The number of aliphatic carboxylic acids is 1. The maximum atomic E-state index is 12.7. The third kappa shape index (κ3) is 6.28. The number of hydrogen-bond acceptors (Lipinski definition) is 13. The molecule has 0 radical (unpaired) electrons. The number of aromatic nitrogens is 1. The van der Waals surface area contributed by atoms with E-state index in [1.807, 2.05) is 0 Å². The summed E-state index contributed by atoms with van der Waals surface area (Å²) in [4.78, 5) is 77.8. The molecule has 2 aliphatic heterocycles. The molecule has 0 aliphatic carbocycles. The number of β-lactam (4-membered cyclic amide) rings is 1. The van der Waals surface area contributed by atoms with Crippen LogP contribution in [0.15, 0.2) is 21.8 Å². The summed E-state index contributed by atoms with van der Waals surface area (Å²) in [6.07, 6.45) is -0.816. The summed E-state index contributed by atoms with van der Waals surface area (Å²) in [7, 11) is 0. The number of nitrogens with one attached hydrogen (secondary N) is 2. The first-order chi connectivity index (χ1) is 17.7. The van der Waals surface area contributed by atoms with Gasteiger partial charge in [0.25, 0.3) is 11.8 Å². The fourth-order valence-electron chi connectivity index (χ4n) is 3.33. The molecule has 38 heavy (non-hydrogen) atoms. The third-order valence-corrected chi connectivity index (χ3v) is 6.96. The Bertz CT molecular complexity index is 1270. The van der Waals surface area contributed by atoms with Gasteiger partial charge in [0, 0.05) is 23.6 Å². The highest BCUT2D eigenvalue weighted by molar-refractivity contribution is 8.00. The summed E-state index contributed by atoms with van der Waals surface area (Å²) in [5, 5.41) is 26.7. The molecule has 204 valence electrons. The number of Topliss-reactive ketones (excluding diaryl/α,β-unsaturated/α-hetero) is 1. The number of carbonyl (C=O) groups excluding carboxylic acids is 5. The molecule has 1 aromatic heterocycles. The molecular weight excluding hydrogens is 546 g/mol. The first kappa shape index (κ1) is 28.6. The second-order valence-corrected chi connectivity index (χ2v) is 10.8. The number of hydrogen-bond donors (Lipinski definition) is 4. The van der Waals surface area contributed by atoms with E-state index in [1.54, 1.807) is 20.8 Å². The van der Waals surface area contributed by atoms with Gasteiger partial charge in [0.2, 0.25) is 11.5 Å². The van der Waals surface area contributed by atoms with Crippen LogP contribution in [0.2, 0.25) is 0 Å². The zero-order chi connectivity index (χ0) is 28.4. The highest BCUT2D eigenvalue weighted by atomic mass is 32.2. The fourth-order valence-corrected chi connectivity index (χ4v) is 5.34. The summed E-state index contributed by atoms with van der Waals surface area (Å²) >= 11 is 1.97. The van der Waals surface area contributed by atoms with Crippen molar-refractivity contribution in [2.24, 2.45) is 5.16 Å². The van der Waals surface area contributed by atoms with Crippen LogP contribution < -0.4 is 10.6 Å². The molecule has 0 aromatic carbocycles. The predicted octanol–water partition coefficient (Wildman–Crippen LogP) is 0.805. The van der Waals surface area contributed by atoms with Crippen molar-refractivity contribution in [1.29, 1.82) is 0 Å². The van der Waals surface area contributed by atoms with Crippen molar-refractivity contribution < 1.29 is 48.6 Å². The second kappa shape index (κ2) is 11.2. The Balaban J connectivity index is 1.68. The molecule has 4 N–H and O–H groups in total. The number of amides is 3. The van der Waals surface area contributed by atoms with Crippen molar-refractivity contribution in [2.75, 3.05) is 17.7 Å². The zero-order valence-corrected chi connectivity index (χ0v) is 22.1. The number of oxime groups is 1. The molecule has 3 rings (SSSR count).